The molecule has 0 saturated carbocycles. The van der Waals surface area contributed by atoms with Crippen LogP contribution in [0.1, 0.15) is 12.1 Å². The SMILES string of the molecule is COc1cc2c(NS(=O)(=O)c3c(OC)cccc3OC)noc2cc1Nc1cc(C(F)F)[nH]n1. The van der Waals surface area contributed by atoms with E-state index in [0.29, 0.717) is 5.69 Å². The largest absolute Gasteiger partial charge is 0.495 e. The number of hydrogen-bond donors (Lipinski definition) is 3. The summed E-state index contributed by atoms with van der Waals surface area (Å²) in [6, 6.07) is 8.65. The number of rotatable bonds is 9. The number of fused-ring (bicyclic) bond motifs is 1. The fourth-order valence-corrected chi connectivity index (χ4v) is 4.55. The van der Waals surface area contributed by atoms with E-state index in [1.54, 1.807) is 6.07 Å². The van der Waals surface area contributed by atoms with Crippen LogP contribution in [0.5, 0.6) is 17.2 Å². The van der Waals surface area contributed by atoms with Crippen molar-refractivity contribution in [1.82, 2.24) is 15.4 Å². The minimum Gasteiger partial charge on any atom is -0.495 e. The Hall–Kier alpha value is -4.07. The van der Waals surface area contributed by atoms with E-state index in [9.17, 15) is 17.2 Å². The Morgan fingerprint density at radius 2 is 1.71 bits per heavy atom. The molecule has 0 aliphatic heterocycles. The number of alkyl halides is 2. The molecule has 2 aromatic carbocycles. The first kappa shape index (κ1) is 23.1. The van der Waals surface area contributed by atoms with Crippen LogP contribution >= 0.6 is 0 Å². The summed E-state index contributed by atoms with van der Waals surface area (Å²) in [6.45, 7) is 0. The standard InChI is InChI=1S/C20H19F2N5O6S/c1-30-13-5-4-6-14(31-2)18(13)34(28,29)27-20-10-7-16(32-3)11(8-15(10)33-26-20)23-17-9-12(19(21)22)24-25-17/h4-9,19H,1-3H3,(H,26,27)(H2,23,24,25). The van der Waals surface area contributed by atoms with Gasteiger partial charge in [-0.1, -0.05) is 11.2 Å². The Bertz CT molecular complexity index is 1410. The molecule has 2 heterocycles. The van der Waals surface area contributed by atoms with E-state index in [-0.39, 0.29) is 50.4 Å². The third kappa shape index (κ3) is 4.26. The second-order valence-electron chi connectivity index (χ2n) is 6.81. The summed E-state index contributed by atoms with van der Waals surface area (Å²) in [6.07, 6.45) is -2.71. The number of benzene rings is 2. The maximum Gasteiger partial charge on any atom is 0.279 e. The number of ether oxygens (including phenoxy) is 3. The van der Waals surface area contributed by atoms with Gasteiger partial charge in [0.15, 0.2) is 22.1 Å². The third-order valence-electron chi connectivity index (χ3n) is 4.77. The molecule has 0 unspecified atom stereocenters. The van der Waals surface area contributed by atoms with E-state index >= 15 is 0 Å². The van der Waals surface area contributed by atoms with Crippen LogP contribution in [0.25, 0.3) is 11.0 Å². The van der Waals surface area contributed by atoms with Crippen LogP contribution in [0.2, 0.25) is 0 Å². The van der Waals surface area contributed by atoms with Gasteiger partial charge in [-0.15, -0.1) is 0 Å². The zero-order valence-corrected chi connectivity index (χ0v) is 18.9. The molecular formula is C20H19F2N5O6S. The minimum atomic E-state index is -4.21. The Kier molecular flexibility index (Phi) is 6.15. The lowest BCUT2D eigenvalue weighted by Gasteiger charge is -2.14. The van der Waals surface area contributed by atoms with E-state index in [1.165, 1.54) is 45.6 Å². The quantitative estimate of drug-likeness (QED) is 0.313. The lowest BCUT2D eigenvalue weighted by molar-refractivity contribution is 0.146. The highest BCUT2D eigenvalue weighted by molar-refractivity contribution is 7.93. The van der Waals surface area contributed by atoms with Gasteiger partial charge in [0.05, 0.1) is 32.4 Å². The van der Waals surface area contributed by atoms with Crippen LogP contribution in [0.3, 0.4) is 0 Å². The van der Waals surface area contributed by atoms with Crippen LogP contribution in [0, 0.1) is 0 Å². The molecule has 0 fully saturated rings. The topological polar surface area (TPSA) is 141 Å². The number of H-pyrrole nitrogens is 1. The van der Waals surface area contributed by atoms with Crippen molar-refractivity contribution in [3.8, 4) is 17.2 Å². The number of methoxy groups -OCH3 is 3. The Labute approximate surface area is 192 Å². The molecule has 0 bridgehead atoms. The highest BCUT2D eigenvalue weighted by Gasteiger charge is 2.27. The van der Waals surface area contributed by atoms with Crippen molar-refractivity contribution in [1.29, 1.82) is 0 Å². The average molecular weight is 495 g/mol. The molecule has 3 N–H and O–H groups in total. The molecule has 0 aliphatic carbocycles. The van der Waals surface area contributed by atoms with Crippen molar-refractivity contribution >= 4 is 38.3 Å². The highest BCUT2D eigenvalue weighted by Crippen LogP contribution is 2.38. The van der Waals surface area contributed by atoms with Crippen molar-refractivity contribution in [3.63, 3.8) is 0 Å². The molecule has 4 aromatic rings. The predicted octanol–water partition coefficient (Wildman–Crippen LogP) is 4.06. The fourth-order valence-electron chi connectivity index (χ4n) is 3.22. The van der Waals surface area contributed by atoms with Crippen LogP contribution < -0.4 is 24.2 Å². The van der Waals surface area contributed by atoms with Crippen molar-refractivity contribution in [2.75, 3.05) is 31.4 Å². The Balaban J connectivity index is 1.70. The molecule has 0 amide bonds. The molecular weight excluding hydrogens is 476 g/mol. The van der Waals surface area contributed by atoms with Gasteiger partial charge >= 0.3 is 0 Å². The zero-order chi connectivity index (χ0) is 24.5. The predicted molar refractivity (Wildman–Crippen MR) is 118 cm³/mol. The number of nitrogens with zero attached hydrogens (tertiary/aromatic N) is 2. The van der Waals surface area contributed by atoms with Gasteiger partial charge in [0, 0.05) is 12.1 Å². The molecule has 0 spiro atoms. The number of aromatic amines is 1. The molecule has 0 aliphatic rings. The molecule has 180 valence electrons. The first-order valence-electron chi connectivity index (χ1n) is 9.59. The minimum absolute atomic E-state index is 0.0749. The smallest absolute Gasteiger partial charge is 0.279 e. The Morgan fingerprint density at radius 3 is 2.29 bits per heavy atom. The van der Waals surface area contributed by atoms with Gasteiger partial charge < -0.3 is 24.1 Å². The normalized spacial score (nSPS) is 11.6. The first-order chi connectivity index (χ1) is 16.3. The Morgan fingerprint density at radius 1 is 1.03 bits per heavy atom. The van der Waals surface area contributed by atoms with Crippen molar-refractivity contribution in [2.45, 2.75) is 11.3 Å². The van der Waals surface area contributed by atoms with E-state index in [4.69, 9.17) is 18.7 Å². The van der Waals surface area contributed by atoms with Gasteiger partial charge in [0.25, 0.3) is 16.4 Å². The monoisotopic (exact) mass is 495 g/mol. The molecule has 0 atom stereocenters. The van der Waals surface area contributed by atoms with Crippen molar-refractivity contribution < 1.29 is 35.9 Å². The molecule has 34 heavy (non-hydrogen) atoms. The van der Waals surface area contributed by atoms with E-state index in [2.05, 4.69) is 25.4 Å². The van der Waals surface area contributed by atoms with Crippen molar-refractivity contribution in [3.05, 3.63) is 42.1 Å². The number of halogens is 2. The van der Waals surface area contributed by atoms with Gasteiger partial charge in [-0.05, 0) is 18.2 Å². The van der Waals surface area contributed by atoms with E-state index in [1.807, 2.05) is 0 Å². The fraction of sp³-hybridized carbons (Fsp3) is 0.200. The first-order valence-corrected chi connectivity index (χ1v) is 11.1. The summed E-state index contributed by atoms with van der Waals surface area (Å²) in [5.41, 5.74) is 0.169. The van der Waals surface area contributed by atoms with Gasteiger partial charge in [0.2, 0.25) is 0 Å². The van der Waals surface area contributed by atoms with Crippen LogP contribution in [-0.2, 0) is 10.0 Å². The zero-order valence-electron chi connectivity index (χ0n) is 18.0. The second-order valence-corrected chi connectivity index (χ2v) is 8.43. The van der Waals surface area contributed by atoms with E-state index < -0.39 is 16.4 Å². The third-order valence-corrected chi connectivity index (χ3v) is 6.17. The van der Waals surface area contributed by atoms with Gasteiger partial charge in [-0.2, -0.15) is 5.10 Å². The maximum atomic E-state index is 13.2. The summed E-state index contributed by atoms with van der Waals surface area (Å²) in [5.74, 6) is 0.425. The van der Waals surface area contributed by atoms with Gasteiger partial charge in [-0.25, -0.2) is 17.2 Å². The second kappa shape index (κ2) is 9.05. The molecule has 14 heteroatoms. The van der Waals surface area contributed by atoms with Gasteiger partial charge in [-0.3, -0.25) is 9.82 Å². The molecule has 0 saturated heterocycles. The summed E-state index contributed by atoms with van der Waals surface area (Å²) in [4.78, 5) is -0.213. The summed E-state index contributed by atoms with van der Waals surface area (Å²) >= 11 is 0. The lowest BCUT2D eigenvalue weighted by Crippen LogP contribution is -2.15. The molecule has 11 nitrogen and oxygen atoms in total. The van der Waals surface area contributed by atoms with Crippen LogP contribution in [0.4, 0.5) is 26.1 Å². The number of anilines is 3. The van der Waals surface area contributed by atoms with Crippen LogP contribution in [0.15, 0.2) is 45.8 Å². The van der Waals surface area contributed by atoms with Crippen molar-refractivity contribution in [2.24, 2.45) is 0 Å². The summed E-state index contributed by atoms with van der Waals surface area (Å²) < 4.78 is 75.3. The van der Waals surface area contributed by atoms with Gasteiger partial charge in [0.1, 0.15) is 22.9 Å². The molecule has 0 radical (unpaired) electrons. The maximum absolute atomic E-state index is 13.2. The number of hydrogen-bond acceptors (Lipinski definition) is 9. The number of sulfonamides is 1. The number of aromatic nitrogens is 3. The highest BCUT2D eigenvalue weighted by atomic mass is 32.2. The average Bonchev–Trinajstić information content (AvgIpc) is 3.44. The lowest BCUT2D eigenvalue weighted by atomic mass is 10.2. The molecule has 4 rings (SSSR count). The number of nitrogens with one attached hydrogen (secondary N) is 3. The van der Waals surface area contributed by atoms with Crippen LogP contribution in [-0.4, -0.2) is 45.1 Å². The molecule has 2 aromatic heterocycles. The summed E-state index contributed by atoms with van der Waals surface area (Å²) in [7, 11) is -0.149. The van der Waals surface area contributed by atoms with E-state index in [0.717, 1.165) is 6.07 Å². The summed E-state index contributed by atoms with van der Waals surface area (Å²) in [5, 5.41) is 13.0.